The zero-order valence-corrected chi connectivity index (χ0v) is 18.4. The van der Waals surface area contributed by atoms with Gasteiger partial charge < -0.3 is 19.9 Å². The van der Waals surface area contributed by atoms with Gasteiger partial charge in [0.25, 0.3) is 0 Å². The number of benzene rings is 2. The first-order chi connectivity index (χ1) is 15.0. The molecule has 2 aromatic carbocycles. The van der Waals surface area contributed by atoms with E-state index in [2.05, 4.69) is 29.4 Å². The topological polar surface area (TPSA) is 44.8 Å². The summed E-state index contributed by atoms with van der Waals surface area (Å²) in [7, 11) is 3.77. The smallest absolute Gasteiger partial charge is 0.226 e. The van der Waals surface area contributed by atoms with Crippen molar-refractivity contribution in [2.45, 2.75) is 31.3 Å². The van der Waals surface area contributed by atoms with E-state index in [9.17, 15) is 9.18 Å². The predicted octanol–water partition coefficient (Wildman–Crippen LogP) is 3.26. The van der Waals surface area contributed by atoms with E-state index < -0.39 is 0 Å². The highest BCUT2D eigenvalue weighted by atomic mass is 19.1. The van der Waals surface area contributed by atoms with E-state index in [0.717, 1.165) is 50.3 Å². The van der Waals surface area contributed by atoms with Crippen molar-refractivity contribution in [2.75, 3.05) is 40.3 Å². The van der Waals surface area contributed by atoms with Crippen molar-refractivity contribution in [3.8, 4) is 5.75 Å². The number of piperazine rings is 1. The Morgan fingerprint density at radius 3 is 2.35 bits per heavy atom. The van der Waals surface area contributed by atoms with Gasteiger partial charge in [0.15, 0.2) is 0 Å². The molecule has 5 nitrogen and oxygen atoms in total. The minimum Gasteiger partial charge on any atom is -0.497 e. The number of carbonyl (C=O) groups is 1. The molecule has 0 bridgehead atoms. The number of halogens is 1. The molecule has 2 aromatic rings. The second-order valence-corrected chi connectivity index (χ2v) is 8.79. The molecule has 1 saturated carbocycles. The van der Waals surface area contributed by atoms with E-state index in [4.69, 9.17) is 4.74 Å². The second-order valence-electron chi connectivity index (χ2n) is 8.79. The molecule has 1 heterocycles. The minimum absolute atomic E-state index is 0.0254. The molecule has 31 heavy (non-hydrogen) atoms. The van der Waals surface area contributed by atoms with Crippen LogP contribution in [-0.2, 0) is 11.3 Å². The van der Waals surface area contributed by atoms with Crippen LogP contribution in [0.1, 0.15) is 29.9 Å². The van der Waals surface area contributed by atoms with Crippen LogP contribution in [0.2, 0.25) is 0 Å². The molecule has 166 valence electrons. The highest BCUT2D eigenvalue weighted by Crippen LogP contribution is 2.41. The van der Waals surface area contributed by atoms with Crippen LogP contribution < -0.4 is 10.1 Å². The number of ether oxygens (including phenoxy) is 1. The first-order valence-electron chi connectivity index (χ1n) is 11.1. The second kappa shape index (κ2) is 9.79. The van der Waals surface area contributed by atoms with E-state index in [1.807, 2.05) is 29.2 Å². The summed E-state index contributed by atoms with van der Waals surface area (Å²) in [6.07, 6.45) is 1.74. The maximum Gasteiger partial charge on any atom is 0.226 e. The molecular weight excluding hydrogens is 393 g/mol. The van der Waals surface area contributed by atoms with Crippen LogP contribution in [0.4, 0.5) is 4.39 Å². The van der Waals surface area contributed by atoms with Crippen molar-refractivity contribution >= 4 is 5.91 Å². The highest BCUT2D eigenvalue weighted by molar-refractivity contribution is 5.80. The molecule has 6 heteroatoms. The Kier molecular flexibility index (Phi) is 6.88. The monoisotopic (exact) mass is 425 g/mol. The molecule has 2 aliphatic rings. The molecule has 1 aliphatic heterocycles. The molecule has 0 unspecified atom stereocenters. The number of amides is 1. The van der Waals surface area contributed by atoms with Gasteiger partial charge in [-0.3, -0.25) is 4.79 Å². The van der Waals surface area contributed by atoms with Crippen LogP contribution in [-0.4, -0.2) is 62.1 Å². The molecule has 4 rings (SSSR count). The molecular formula is C25H32FN3O2. The largest absolute Gasteiger partial charge is 0.497 e. The predicted molar refractivity (Wildman–Crippen MR) is 120 cm³/mol. The van der Waals surface area contributed by atoms with Crippen molar-refractivity contribution in [3.63, 3.8) is 0 Å². The third kappa shape index (κ3) is 5.25. The fraction of sp³-hybridized carbons (Fsp3) is 0.480. The van der Waals surface area contributed by atoms with Crippen LogP contribution in [0.5, 0.6) is 5.75 Å². The van der Waals surface area contributed by atoms with E-state index in [1.165, 1.54) is 17.7 Å². The van der Waals surface area contributed by atoms with Crippen LogP contribution in [0.3, 0.4) is 0 Å². The third-order valence-corrected chi connectivity index (χ3v) is 6.75. The van der Waals surface area contributed by atoms with E-state index >= 15 is 0 Å². The van der Waals surface area contributed by atoms with Crippen LogP contribution in [0, 0.1) is 11.7 Å². The number of hydrogen-bond donors (Lipinski definition) is 1. The zero-order valence-electron chi connectivity index (χ0n) is 18.4. The normalized spacial score (nSPS) is 24.4. The van der Waals surface area contributed by atoms with Crippen molar-refractivity contribution < 1.29 is 13.9 Å². The summed E-state index contributed by atoms with van der Waals surface area (Å²) in [4.78, 5) is 17.8. The third-order valence-electron chi connectivity index (χ3n) is 6.75. The van der Waals surface area contributed by atoms with Gasteiger partial charge in [-0.25, -0.2) is 4.39 Å². The summed E-state index contributed by atoms with van der Waals surface area (Å²) >= 11 is 0. The molecule has 3 atom stereocenters. The summed E-state index contributed by atoms with van der Waals surface area (Å²) in [5, 5.41) is 3.61. The van der Waals surface area contributed by atoms with Crippen molar-refractivity contribution in [1.82, 2.24) is 15.1 Å². The van der Waals surface area contributed by atoms with Crippen molar-refractivity contribution in [3.05, 3.63) is 65.5 Å². The summed E-state index contributed by atoms with van der Waals surface area (Å²) in [6.45, 7) is 4.13. The maximum atomic E-state index is 13.5. The van der Waals surface area contributed by atoms with Crippen LogP contribution in [0.15, 0.2) is 48.5 Å². The lowest BCUT2D eigenvalue weighted by Gasteiger charge is -2.35. The lowest BCUT2D eigenvalue weighted by Crippen LogP contribution is -2.49. The van der Waals surface area contributed by atoms with Gasteiger partial charge in [0, 0.05) is 44.7 Å². The number of nitrogens with zero attached hydrogens (tertiary/aromatic N) is 2. The lowest BCUT2D eigenvalue weighted by atomic mass is 9.87. The van der Waals surface area contributed by atoms with Gasteiger partial charge in [-0.15, -0.1) is 0 Å². The fourth-order valence-electron chi connectivity index (χ4n) is 4.82. The fourth-order valence-corrected chi connectivity index (χ4v) is 4.82. The van der Waals surface area contributed by atoms with Gasteiger partial charge in [-0.1, -0.05) is 24.3 Å². The first kappa shape index (κ1) is 21.8. The van der Waals surface area contributed by atoms with Gasteiger partial charge in [-0.05, 0) is 61.2 Å². The maximum absolute atomic E-state index is 13.5. The number of carbonyl (C=O) groups excluding carboxylic acids is 1. The standard InChI is InChI=1S/C25H32FN3O2/c1-28-11-13-29(14-12-28)25(30)24-16-21(27-17-18-3-7-20(26)8-4-18)15-23(24)19-5-9-22(31-2)10-6-19/h3-10,21,23-24,27H,11-17H2,1-2H3/t21-,23+,24-/m0/s1. The van der Waals surface area contributed by atoms with Gasteiger partial charge in [0.2, 0.25) is 5.91 Å². The molecule has 0 radical (unpaired) electrons. The summed E-state index contributed by atoms with van der Waals surface area (Å²) in [5.74, 6) is 1.04. The molecule has 1 N–H and O–H groups in total. The van der Waals surface area contributed by atoms with Crippen molar-refractivity contribution in [1.29, 1.82) is 0 Å². The SMILES string of the molecule is COc1ccc([C@H]2C[C@H](NCc3ccc(F)cc3)C[C@@H]2C(=O)N2CCN(C)CC2)cc1. The summed E-state index contributed by atoms with van der Waals surface area (Å²) in [6, 6.07) is 15.0. The molecule has 0 aromatic heterocycles. The number of rotatable bonds is 6. The summed E-state index contributed by atoms with van der Waals surface area (Å²) < 4.78 is 18.5. The highest BCUT2D eigenvalue weighted by Gasteiger charge is 2.41. The minimum atomic E-state index is -0.220. The molecule has 0 spiro atoms. The first-order valence-corrected chi connectivity index (χ1v) is 11.1. The number of methoxy groups -OCH3 is 1. The quantitative estimate of drug-likeness (QED) is 0.772. The number of nitrogens with one attached hydrogen (secondary N) is 1. The van der Waals surface area contributed by atoms with Crippen LogP contribution >= 0.6 is 0 Å². The van der Waals surface area contributed by atoms with Gasteiger partial charge >= 0.3 is 0 Å². The van der Waals surface area contributed by atoms with Crippen LogP contribution in [0.25, 0.3) is 0 Å². The summed E-state index contributed by atoms with van der Waals surface area (Å²) in [5.41, 5.74) is 2.25. The van der Waals surface area contributed by atoms with Gasteiger partial charge in [0.1, 0.15) is 11.6 Å². The molecule has 2 fully saturated rings. The Labute approximate surface area is 184 Å². The van der Waals surface area contributed by atoms with E-state index in [0.29, 0.717) is 6.54 Å². The van der Waals surface area contributed by atoms with Gasteiger partial charge in [-0.2, -0.15) is 0 Å². The zero-order chi connectivity index (χ0) is 21.8. The number of likely N-dealkylation sites (N-methyl/N-ethyl adjacent to an activating group) is 1. The number of hydrogen-bond acceptors (Lipinski definition) is 4. The Hall–Kier alpha value is -2.44. The molecule has 1 amide bonds. The Morgan fingerprint density at radius 2 is 1.71 bits per heavy atom. The van der Waals surface area contributed by atoms with Gasteiger partial charge in [0.05, 0.1) is 7.11 Å². The average Bonchev–Trinajstić information content (AvgIpc) is 3.23. The Bertz CT molecular complexity index is 863. The Balaban J connectivity index is 1.48. The van der Waals surface area contributed by atoms with E-state index in [-0.39, 0.29) is 29.6 Å². The Morgan fingerprint density at radius 1 is 1.03 bits per heavy atom. The van der Waals surface area contributed by atoms with Crippen molar-refractivity contribution in [2.24, 2.45) is 5.92 Å². The molecule has 1 saturated heterocycles. The van der Waals surface area contributed by atoms with E-state index in [1.54, 1.807) is 7.11 Å². The molecule has 1 aliphatic carbocycles. The average molecular weight is 426 g/mol. The lowest BCUT2D eigenvalue weighted by molar-refractivity contribution is -0.137.